The lowest BCUT2D eigenvalue weighted by atomic mass is 10.1. The summed E-state index contributed by atoms with van der Waals surface area (Å²) in [5, 5.41) is 2.40. The van der Waals surface area contributed by atoms with E-state index in [-0.39, 0.29) is 23.6 Å². The molecule has 98 valence electrons. The highest BCUT2D eigenvalue weighted by Crippen LogP contribution is 2.16. The topological polar surface area (TPSA) is 72.2 Å². The molecule has 0 aliphatic carbocycles. The summed E-state index contributed by atoms with van der Waals surface area (Å²) in [6, 6.07) is 3.58. The number of nitrogens with one attached hydrogen (secondary N) is 1. The molecule has 0 fully saturated rings. The Kier molecular flexibility index (Phi) is 5.58. The fourth-order valence-corrected chi connectivity index (χ4v) is 1.56. The molecule has 3 N–H and O–H groups in total. The SMILES string of the molecule is NC(=O)c1ccc(F)c(NC(=O)CCCCCl)c1. The lowest BCUT2D eigenvalue weighted by Gasteiger charge is -2.07. The Bertz CT molecular complexity index is 452. The standard InChI is InChI=1S/C12H14ClFN2O2/c13-6-2-1-3-11(17)16-10-7-8(12(15)18)4-5-9(10)14/h4-5,7H,1-3,6H2,(H2,15,18)(H,16,17). The summed E-state index contributed by atoms with van der Waals surface area (Å²) in [7, 11) is 0. The number of benzene rings is 1. The van der Waals surface area contributed by atoms with E-state index in [1.165, 1.54) is 12.1 Å². The zero-order chi connectivity index (χ0) is 13.5. The first kappa shape index (κ1) is 14.4. The minimum atomic E-state index is -0.673. The molecule has 4 nitrogen and oxygen atoms in total. The Morgan fingerprint density at radius 1 is 1.33 bits per heavy atom. The maximum atomic E-state index is 13.4. The van der Waals surface area contributed by atoms with Crippen molar-refractivity contribution in [2.24, 2.45) is 5.73 Å². The quantitative estimate of drug-likeness (QED) is 0.616. The third-order valence-electron chi connectivity index (χ3n) is 2.31. The van der Waals surface area contributed by atoms with E-state index >= 15 is 0 Å². The van der Waals surface area contributed by atoms with Crippen molar-refractivity contribution in [3.8, 4) is 0 Å². The van der Waals surface area contributed by atoms with Gasteiger partial charge in [0.1, 0.15) is 5.82 Å². The van der Waals surface area contributed by atoms with Gasteiger partial charge in [0.15, 0.2) is 0 Å². The average Bonchev–Trinajstić information content (AvgIpc) is 2.32. The van der Waals surface area contributed by atoms with E-state index in [0.29, 0.717) is 12.3 Å². The normalized spacial score (nSPS) is 10.1. The first-order valence-electron chi connectivity index (χ1n) is 5.49. The molecule has 0 saturated carbocycles. The summed E-state index contributed by atoms with van der Waals surface area (Å²) in [6.07, 6.45) is 1.61. The van der Waals surface area contributed by atoms with Crippen molar-refractivity contribution in [2.45, 2.75) is 19.3 Å². The maximum absolute atomic E-state index is 13.4. The number of carbonyl (C=O) groups excluding carboxylic acids is 2. The molecule has 0 heterocycles. The Morgan fingerprint density at radius 3 is 2.67 bits per heavy atom. The molecule has 1 aromatic rings. The van der Waals surface area contributed by atoms with Crippen LogP contribution in [0.15, 0.2) is 18.2 Å². The average molecular weight is 273 g/mol. The Labute approximate surface area is 109 Å². The minimum Gasteiger partial charge on any atom is -0.366 e. The van der Waals surface area contributed by atoms with E-state index in [2.05, 4.69) is 5.32 Å². The molecule has 18 heavy (non-hydrogen) atoms. The monoisotopic (exact) mass is 272 g/mol. The molecular weight excluding hydrogens is 259 g/mol. The Morgan fingerprint density at radius 2 is 2.06 bits per heavy atom. The van der Waals surface area contributed by atoms with Gasteiger partial charge in [-0.25, -0.2) is 4.39 Å². The number of halogens is 2. The van der Waals surface area contributed by atoms with Crippen LogP contribution in [0.4, 0.5) is 10.1 Å². The number of rotatable bonds is 6. The summed E-state index contributed by atoms with van der Waals surface area (Å²) in [5.41, 5.74) is 5.18. The van der Waals surface area contributed by atoms with Gasteiger partial charge in [0, 0.05) is 17.9 Å². The van der Waals surface area contributed by atoms with Gasteiger partial charge in [-0.3, -0.25) is 9.59 Å². The molecule has 2 amide bonds. The van der Waals surface area contributed by atoms with Crippen molar-refractivity contribution in [1.82, 2.24) is 0 Å². The number of nitrogens with two attached hydrogens (primary N) is 1. The third kappa shape index (κ3) is 4.33. The summed E-state index contributed by atoms with van der Waals surface area (Å²) in [6.45, 7) is 0. The van der Waals surface area contributed by atoms with Gasteiger partial charge in [-0.1, -0.05) is 0 Å². The van der Waals surface area contributed by atoms with E-state index in [0.717, 1.165) is 12.5 Å². The predicted octanol–water partition coefficient (Wildman–Crippen LogP) is 2.27. The van der Waals surface area contributed by atoms with Gasteiger partial charge in [-0.2, -0.15) is 0 Å². The van der Waals surface area contributed by atoms with Gasteiger partial charge in [-0.15, -0.1) is 11.6 Å². The van der Waals surface area contributed by atoms with Gasteiger partial charge in [0.05, 0.1) is 5.69 Å². The van der Waals surface area contributed by atoms with Gasteiger partial charge in [-0.05, 0) is 31.0 Å². The van der Waals surface area contributed by atoms with Crippen LogP contribution in [0.3, 0.4) is 0 Å². The molecule has 0 unspecified atom stereocenters. The van der Waals surface area contributed by atoms with Crippen LogP contribution >= 0.6 is 11.6 Å². The number of primary amides is 1. The summed E-state index contributed by atoms with van der Waals surface area (Å²) in [4.78, 5) is 22.4. The van der Waals surface area contributed by atoms with Crippen LogP contribution < -0.4 is 11.1 Å². The molecule has 0 spiro atoms. The predicted molar refractivity (Wildman–Crippen MR) is 68.1 cm³/mol. The molecule has 0 aliphatic rings. The van der Waals surface area contributed by atoms with Gasteiger partial charge in [0.2, 0.25) is 11.8 Å². The summed E-state index contributed by atoms with van der Waals surface area (Å²) in [5.74, 6) is -1.11. The Balaban J connectivity index is 2.68. The van der Waals surface area contributed by atoms with Crippen molar-refractivity contribution >= 4 is 29.1 Å². The minimum absolute atomic E-state index is 0.0397. The molecule has 6 heteroatoms. The van der Waals surface area contributed by atoms with E-state index in [4.69, 9.17) is 17.3 Å². The highest BCUT2D eigenvalue weighted by Gasteiger charge is 2.09. The number of unbranched alkanes of at least 4 members (excludes halogenated alkanes) is 1. The second-order valence-electron chi connectivity index (χ2n) is 3.75. The van der Waals surface area contributed by atoms with Crippen molar-refractivity contribution in [2.75, 3.05) is 11.2 Å². The molecule has 0 aliphatic heterocycles. The van der Waals surface area contributed by atoms with Crippen LogP contribution in [0.25, 0.3) is 0 Å². The van der Waals surface area contributed by atoms with Crippen LogP contribution in [-0.4, -0.2) is 17.7 Å². The maximum Gasteiger partial charge on any atom is 0.248 e. The van der Waals surface area contributed by atoms with Crippen LogP contribution in [0, 0.1) is 5.82 Å². The van der Waals surface area contributed by atoms with Gasteiger partial charge < -0.3 is 11.1 Å². The summed E-state index contributed by atoms with van der Waals surface area (Å²) < 4.78 is 13.4. The van der Waals surface area contributed by atoms with Crippen LogP contribution in [-0.2, 0) is 4.79 Å². The van der Waals surface area contributed by atoms with Crippen LogP contribution in [0.2, 0.25) is 0 Å². The largest absolute Gasteiger partial charge is 0.366 e. The van der Waals surface area contributed by atoms with E-state index in [9.17, 15) is 14.0 Å². The number of hydrogen-bond donors (Lipinski definition) is 2. The molecular formula is C12H14ClFN2O2. The molecule has 0 bridgehead atoms. The molecule has 1 aromatic carbocycles. The fourth-order valence-electron chi connectivity index (χ4n) is 1.37. The van der Waals surface area contributed by atoms with Crippen molar-refractivity contribution in [3.63, 3.8) is 0 Å². The highest BCUT2D eigenvalue weighted by molar-refractivity contribution is 6.17. The Hall–Kier alpha value is -1.62. The second kappa shape index (κ2) is 6.96. The number of carbonyl (C=O) groups is 2. The zero-order valence-electron chi connectivity index (χ0n) is 9.71. The lowest BCUT2D eigenvalue weighted by Crippen LogP contribution is -2.15. The molecule has 0 saturated heterocycles. The first-order chi connectivity index (χ1) is 8.54. The van der Waals surface area contributed by atoms with E-state index in [1.54, 1.807) is 0 Å². The molecule has 0 atom stereocenters. The zero-order valence-corrected chi connectivity index (χ0v) is 10.5. The number of hydrogen-bond acceptors (Lipinski definition) is 2. The smallest absolute Gasteiger partial charge is 0.248 e. The first-order valence-corrected chi connectivity index (χ1v) is 6.03. The van der Waals surface area contributed by atoms with Gasteiger partial charge in [0.25, 0.3) is 0 Å². The third-order valence-corrected chi connectivity index (χ3v) is 2.58. The van der Waals surface area contributed by atoms with Crippen molar-refractivity contribution in [1.29, 1.82) is 0 Å². The van der Waals surface area contributed by atoms with E-state index in [1.807, 2.05) is 0 Å². The second-order valence-corrected chi connectivity index (χ2v) is 4.13. The van der Waals surface area contributed by atoms with Gasteiger partial charge >= 0.3 is 0 Å². The fraction of sp³-hybridized carbons (Fsp3) is 0.333. The molecule has 0 radical (unpaired) electrons. The molecule has 0 aromatic heterocycles. The van der Waals surface area contributed by atoms with E-state index < -0.39 is 11.7 Å². The summed E-state index contributed by atoms with van der Waals surface area (Å²) >= 11 is 5.48. The number of anilines is 1. The van der Waals surface area contributed by atoms with Crippen molar-refractivity contribution < 1.29 is 14.0 Å². The number of amides is 2. The van der Waals surface area contributed by atoms with Crippen molar-refractivity contribution in [3.05, 3.63) is 29.6 Å². The van der Waals surface area contributed by atoms with Crippen LogP contribution in [0.5, 0.6) is 0 Å². The number of alkyl halides is 1. The highest BCUT2D eigenvalue weighted by atomic mass is 35.5. The van der Waals surface area contributed by atoms with Crippen LogP contribution in [0.1, 0.15) is 29.6 Å². The lowest BCUT2D eigenvalue weighted by molar-refractivity contribution is -0.116. The molecule has 1 rings (SSSR count).